The van der Waals surface area contributed by atoms with Crippen LogP contribution in [0, 0.1) is 11.3 Å². The van der Waals surface area contributed by atoms with Crippen LogP contribution in [-0.2, 0) is 6.54 Å². The van der Waals surface area contributed by atoms with E-state index in [1.54, 1.807) is 24.1 Å². The molecule has 0 bridgehead atoms. The Balaban J connectivity index is 1.64. The number of carbonyl (C=O) groups excluding carboxylic acids is 1. The molecule has 5 nitrogen and oxygen atoms in total. The molecule has 2 aromatic carbocycles. The first-order valence-electron chi connectivity index (χ1n) is 8.84. The first-order valence-corrected chi connectivity index (χ1v) is 8.84. The average Bonchev–Trinajstić information content (AvgIpc) is 2.68. The van der Waals surface area contributed by atoms with E-state index in [2.05, 4.69) is 11.0 Å². The van der Waals surface area contributed by atoms with Crippen LogP contribution >= 0.6 is 0 Å². The molecule has 134 valence electrons. The van der Waals surface area contributed by atoms with Gasteiger partial charge in [0.15, 0.2) is 0 Å². The lowest BCUT2D eigenvalue weighted by Gasteiger charge is -2.31. The Morgan fingerprint density at radius 1 is 1.23 bits per heavy atom. The molecular weight excluding hydrogens is 326 g/mol. The van der Waals surface area contributed by atoms with Crippen LogP contribution in [0.15, 0.2) is 48.5 Å². The SMILES string of the molecule is CN(Cc1cccc(C#N)c1)C(=O)c1ccc(N2CCC(O)CC2)cc1. The molecule has 1 heterocycles. The number of benzene rings is 2. The molecule has 3 rings (SSSR count). The van der Waals surface area contributed by atoms with E-state index in [0.29, 0.717) is 17.7 Å². The van der Waals surface area contributed by atoms with Gasteiger partial charge in [-0.1, -0.05) is 12.1 Å². The quantitative estimate of drug-likeness (QED) is 0.922. The molecule has 1 N–H and O–H groups in total. The fourth-order valence-electron chi connectivity index (χ4n) is 3.24. The van der Waals surface area contributed by atoms with Crippen LogP contribution < -0.4 is 4.90 Å². The van der Waals surface area contributed by atoms with Gasteiger partial charge < -0.3 is 14.9 Å². The van der Waals surface area contributed by atoms with Crippen LogP contribution in [0.5, 0.6) is 0 Å². The molecule has 1 fully saturated rings. The van der Waals surface area contributed by atoms with Crippen LogP contribution in [0.3, 0.4) is 0 Å². The third-order valence-corrected chi connectivity index (χ3v) is 4.77. The predicted octanol–water partition coefficient (Wildman–Crippen LogP) is 2.79. The van der Waals surface area contributed by atoms with E-state index in [0.717, 1.165) is 37.2 Å². The summed E-state index contributed by atoms with van der Waals surface area (Å²) in [5, 5.41) is 18.6. The minimum atomic E-state index is -0.194. The number of hydrogen-bond acceptors (Lipinski definition) is 4. The first kappa shape index (κ1) is 18.0. The number of hydrogen-bond donors (Lipinski definition) is 1. The third-order valence-electron chi connectivity index (χ3n) is 4.77. The second-order valence-electron chi connectivity index (χ2n) is 6.74. The van der Waals surface area contributed by atoms with Crippen molar-refractivity contribution in [3.63, 3.8) is 0 Å². The van der Waals surface area contributed by atoms with E-state index in [9.17, 15) is 9.90 Å². The Morgan fingerprint density at radius 2 is 1.92 bits per heavy atom. The van der Waals surface area contributed by atoms with Gasteiger partial charge in [0.25, 0.3) is 5.91 Å². The monoisotopic (exact) mass is 349 g/mol. The van der Waals surface area contributed by atoms with Crippen molar-refractivity contribution in [2.75, 3.05) is 25.0 Å². The number of anilines is 1. The number of amides is 1. The lowest BCUT2D eigenvalue weighted by molar-refractivity contribution is 0.0785. The fraction of sp³-hybridized carbons (Fsp3) is 0.333. The molecule has 1 saturated heterocycles. The highest BCUT2D eigenvalue weighted by Gasteiger charge is 2.18. The Bertz CT molecular complexity index is 803. The number of carbonyl (C=O) groups is 1. The van der Waals surface area contributed by atoms with E-state index in [4.69, 9.17) is 5.26 Å². The number of aliphatic hydroxyl groups is 1. The molecule has 0 radical (unpaired) electrons. The molecule has 0 unspecified atom stereocenters. The van der Waals surface area contributed by atoms with Crippen LogP contribution in [0.25, 0.3) is 0 Å². The van der Waals surface area contributed by atoms with Crippen LogP contribution in [0.1, 0.15) is 34.3 Å². The van der Waals surface area contributed by atoms with Gasteiger partial charge in [0.05, 0.1) is 17.7 Å². The summed E-state index contributed by atoms with van der Waals surface area (Å²) >= 11 is 0. The molecule has 0 atom stereocenters. The smallest absolute Gasteiger partial charge is 0.253 e. The molecule has 0 aromatic heterocycles. The molecule has 0 spiro atoms. The summed E-state index contributed by atoms with van der Waals surface area (Å²) in [5.41, 5.74) is 3.25. The van der Waals surface area contributed by atoms with Crippen LogP contribution in [0.4, 0.5) is 5.69 Å². The van der Waals surface area contributed by atoms with Gasteiger partial charge in [-0.3, -0.25) is 4.79 Å². The topological polar surface area (TPSA) is 67.6 Å². The van der Waals surface area contributed by atoms with Crippen LogP contribution in [0.2, 0.25) is 0 Å². The number of nitriles is 1. The Morgan fingerprint density at radius 3 is 2.58 bits per heavy atom. The number of aliphatic hydroxyl groups excluding tert-OH is 1. The highest BCUT2D eigenvalue weighted by atomic mass is 16.3. The minimum absolute atomic E-state index is 0.0482. The van der Waals surface area contributed by atoms with Gasteiger partial charge in [0.2, 0.25) is 0 Å². The summed E-state index contributed by atoms with van der Waals surface area (Å²) in [6, 6.07) is 17.1. The Labute approximate surface area is 154 Å². The second-order valence-corrected chi connectivity index (χ2v) is 6.74. The van der Waals surface area contributed by atoms with E-state index in [1.165, 1.54) is 0 Å². The van der Waals surface area contributed by atoms with Crippen molar-refractivity contribution >= 4 is 11.6 Å². The highest BCUT2D eigenvalue weighted by Crippen LogP contribution is 2.21. The van der Waals surface area contributed by atoms with E-state index < -0.39 is 0 Å². The Hall–Kier alpha value is -2.84. The zero-order valence-electron chi connectivity index (χ0n) is 14.9. The summed E-state index contributed by atoms with van der Waals surface area (Å²) < 4.78 is 0. The van der Waals surface area contributed by atoms with E-state index in [1.807, 2.05) is 36.4 Å². The fourth-order valence-corrected chi connectivity index (χ4v) is 3.24. The van der Waals surface area contributed by atoms with Crippen molar-refractivity contribution < 1.29 is 9.90 Å². The average molecular weight is 349 g/mol. The summed E-state index contributed by atoms with van der Waals surface area (Å²) in [7, 11) is 1.77. The summed E-state index contributed by atoms with van der Waals surface area (Å²) in [6.07, 6.45) is 1.37. The summed E-state index contributed by atoms with van der Waals surface area (Å²) in [4.78, 5) is 16.5. The molecule has 5 heteroatoms. The van der Waals surface area contributed by atoms with Gasteiger partial charge in [0, 0.05) is 37.9 Å². The van der Waals surface area contributed by atoms with Crippen molar-refractivity contribution in [1.82, 2.24) is 4.90 Å². The van der Waals surface area contributed by atoms with E-state index in [-0.39, 0.29) is 12.0 Å². The molecule has 0 saturated carbocycles. The lowest BCUT2D eigenvalue weighted by atomic mass is 10.1. The predicted molar refractivity (Wildman–Crippen MR) is 101 cm³/mol. The van der Waals surface area contributed by atoms with Crippen molar-refractivity contribution in [3.8, 4) is 6.07 Å². The minimum Gasteiger partial charge on any atom is -0.393 e. The largest absolute Gasteiger partial charge is 0.393 e. The van der Waals surface area contributed by atoms with E-state index >= 15 is 0 Å². The summed E-state index contributed by atoms with van der Waals surface area (Å²) in [5.74, 6) is -0.0482. The second kappa shape index (κ2) is 8.03. The Kier molecular flexibility index (Phi) is 5.55. The van der Waals surface area contributed by atoms with Gasteiger partial charge in [0.1, 0.15) is 0 Å². The zero-order valence-corrected chi connectivity index (χ0v) is 14.9. The zero-order chi connectivity index (χ0) is 18.5. The molecular formula is C21H23N3O2. The highest BCUT2D eigenvalue weighted by molar-refractivity contribution is 5.94. The standard InChI is InChI=1S/C21H23N3O2/c1-23(15-17-4-2-3-16(13-17)14-22)21(26)18-5-7-19(8-6-18)24-11-9-20(25)10-12-24/h2-8,13,20,25H,9-12,15H2,1H3. The molecule has 1 amide bonds. The van der Waals surface area contributed by atoms with Gasteiger partial charge in [-0.05, 0) is 54.8 Å². The lowest BCUT2D eigenvalue weighted by Crippen LogP contribution is -2.35. The molecule has 1 aliphatic heterocycles. The number of nitrogens with zero attached hydrogens (tertiary/aromatic N) is 3. The molecule has 1 aliphatic rings. The first-order chi connectivity index (χ1) is 12.6. The van der Waals surface area contributed by atoms with Gasteiger partial charge in [-0.2, -0.15) is 5.26 Å². The number of rotatable bonds is 4. The van der Waals surface area contributed by atoms with Gasteiger partial charge >= 0.3 is 0 Å². The van der Waals surface area contributed by atoms with Gasteiger partial charge in [-0.25, -0.2) is 0 Å². The molecule has 0 aliphatic carbocycles. The van der Waals surface area contributed by atoms with Crippen molar-refractivity contribution in [2.45, 2.75) is 25.5 Å². The number of piperidine rings is 1. The summed E-state index contributed by atoms with van der Waals surface area (Å²) in [6.45, 7) is 2.13. The molecule has 26 heavy (non-hydrogen) atoms. The van der Waals surface area contributed by atoms with Crippen LogP contribution in [-0.4, -0.2) is 42.2 Å². The maximum atomic E-state index is 12.6. The van der Waals surface area contributed by atoms with Crippen molar-refractivity contribution in [1.29, 1.82) is 5.26 Å². The molecule has 2 aromatic rings. The van der Waals surface area contributed by atoms with Gasteiger partial charge in [-0.15, -0.1) is 0 Å². The van der Waals surface area contributed by atoms with Crippen molar-refractivity contribution in [3.05, 3.63) is 65.2 Å². The maximum absolute atomic E-state index is 12.6. The normalized spacial score (nSPS) is 14.7. The maximum Gasteiger partial charge on any atom is 0.253 e. The third kappa shape index (κ3) is 4.22. The van der Waals surface area contributed by atoms with Crippen molar-refractivity contribution in [2.24, 2.45) is 0 Å².